The highest BCUT2D eigenvalue weighted by Gasteiger charge is 2.19. The number of aliphatic hydroxyl groups excluding tert-OH is 2. The Morgan fingerprint density at radius 1 is 1.14 bits per heavy atom. The third kappa shape index (κ3) is 6.05. The molecule has 2 aromatic carbocycles. The molecule has 0 aliphatic rings. The summed E-state index contributed by atoms with van der Waals surface area (Å²) < 4.78 is 11.5. The molecule has 0 aromatic heterocycles. The quantitative estimate of drug-likeness (QED) is 0.497. The van der Waals surface area contributed by atoms with Gasteiger partial charge in [0, 0.05) is 26.8 Å². The summed E-state index contributed by atoms with van der Waals surface area (Å²) in [6, 6.07) is 13.4. The first-order valence-electron chi connectivity index (χ1n) is 9.27. The molecule has 0 bridgehead atoms. The van der Waals surface area contributed by atoms with Gasteiger partial charge in [0.2, 0.25) is 0 Å². The molecule has 0 saturated heterocycles. The van der Waals surface area contributed by atoms with Crippen molar-refractivity contribution in [1.82, 2.24) is 0 Å². The smallest absolute Gasteiger partial charge is 0.165 e. The molecule has 0 amide bonds. The second-order valence-corrected chi connectivity index (χ2v) is 7.83. The van der Waals surface area contributed by atoms with Crippen LogP contribution in [0.15, 0.2) is 47.4 Å². The maximum absolute atomic E-state index is 9.78. The van der Waals surface area contributed by atoms with Crippen LogP contribution in [0.1, 0.15) is 18.9 Å². The molecule has 1 unspecified atom stereocenters. The Labute approximate surface area is 169 Å². The summed E-state index contributed by atoms with van der Waals surface area (Å²) in [7, 11) is 1.01. The number of rotatable bonds is 11. The summed E-state index contributed by atoms with van der Waals surface area (Å²) in [6.45, 7) is 3.70. The van der Waals surface area contributed by atoms with Crippen LogP contribution in [0.5, 0.6) is 11.5 Å². The number of hydrogen-bond acceptors (Lipinski definition) is 6. The highest BCUT2D eigenvalue weighted by Crippen LogP contribution is 2.42. The van der Waals surface area contributed by atoms with Crippen molar-refractivity contribution in [2.75, 3.05) is 38.3 Å². The number of hydrogen-bond donors (Lipinski definition) is 3. The van der Waals surface area contributed by atoms with E-state index in [2.05, 4.69) is 4.90 Å². The van der Waals surface area contributed by atoms with Crippen LogP contribution < -0.4 is 14.8 Å². The zero-order valence-corrected chi connectivity index (χ0v) is 17.3. The van der Waals surface area contributed by atoms with Gasteiger partial charge in [-0.3, -0.25) is 5.14 Å². The fourth-order valence-corrected chi connectivity index (χ4v) is 3.70. The molecule has 0 fully saturated rings. The van der Waals surface area contributed by atoms with Crippen LogP contribution in [-0.2, 0) is 11.3 Å². The Kier molecular flexibility index (Phi) is 9.46. The third-order valence-corrected chi connectivity index (χ3v) is 5.56. The van der Waals surface area contributed by atoms with Crippen LogP contribution in [0.4, 0.5) is 5.69 Å². The van der Waals surface area contributed by atoms with Crippen LogP contribution in [0.25, 0.3) is 0 Å². The van der Waals surface area contributed by atoms with E-state index in [4.69, 9.17) is 14.6 Å². The van der Waals surface area contributed by atoms with Gasteiger partial charge in [-0.25, -0.2) is 0 Å². The summed E-state index contributed by atoms with van der Waals surface area (Å²) in [5.74, 6) is 1.38. The number of nitrogens with two attached hydrogens (primary N) is 1. The first-order valence-corrected chi connectivity index (χ1v) is 10.6. The van der Waals surface area contributed by atoms with Gasteiger partial charge in [0.15, 0.2) is 5.75 Å². The Hall–Kier alpha value is -1.90. The van der Waals surface area contributed by atoms with Crippen LogP contribution >= 0.6 is 10.7 Å². The lowest BCUT2D eigenvalue weighted by Gasteiger charge is -2.28. The predicted molar refractivity (Wildman–Crippen MR) is 116 cm³/mol. The largest absolute Gasteiger partial charge is 0.454 e. The Bertz CT molecular complexity index is 761. The maximum Gasteiger partial charge on any atom is 0.165 e. The van der Waals surface area contributed by atoms with Gasteiger partial charge in [-0.05, 0) is 48.5 Å². The average Bonchev–Trinajstić information content (AvgIpc) is 2.74. The second-order valence-electron chi connectivity index (χ2n) is 6.18. The topological polar surface area (TPSA) is 88.2 Å². The van der Waals surface area contributed by atoms with Crippen molar-refractivity contribution in [3.05, 3.63) is 48.0 Å². The van der Waals surface area contributed by atoms with Crippen LogP contribution in [0.3, 0.4) is 0 Å². The van der Waals surface area contributed by atoms with Gasteiger partial charge in [0.25, 0.3) is 0 Å². The van der Waals surface area contributed by atoms with Crippen molar-refractivity contribution >= 4 is 21.7 Å². The van der Waals surface area contributed by atoms with Gasteiger partial charge in [-0.15, -0.1) is 0 Å². The highest BCUT2D eigenvalue weighted by atomic mass is 32.2. The molecule has 2 rings (SSSR count). The number of anilines is 1. The van der Waals surface area contributed by atoms with Crippen molar-refractivity contribution in [1.29, 1.82) is 0 Å². The molecule has 6 nitrogen and oxygen atoms in total. The molecule has 0 radical (unpaired) electrons. The van der Waals surface area contributed by atoms with E-state index in [9.17, 15) is 10.2 Å². The molecule has 2 aromatic rings. The van der Waals surface area contributed by atoms with E-state index in [0.29, 0.717) is 37.6 Å². The van der Waals surface area contributed by atoms with Crippen molar-refractivity contribution in [2.24, 2.45) is 5.14 Å². The Balaban J connectivity index is 2.60. The summed E-state index contributed by atoms with van der Waals surface area (Å²) in [5.41, 5.74) is 1.60. The number of aliphatic hydroxyl groups is 2. The van der Waals surface area contributed by atoms with E-state index in [1.807, 2.05) is 54.8 Å². The summed E-state index contributed by atoms with van der Waals surface area (Å²) in [4.78, 5) is 2.94. The van der Waals surface area contributed by atoms with Crippen LogP contribution in [0.2, 0.25) is 0 Å². The summed E-state index contributed by atoms with van der Waals surface area (Å²) in [5, 5.41) is 27.4. The predicted octanol–water partition coefficient (Wildman–Crippen LogP) is 3.13. The SMILES string of the molecule is C/C=S(\N)c1cc(CO)cc(N(CCCO)CCOC)c1Oc1ccccc1. The molecule has 0 saturated carbocycles. The Morgan fingerprint density at radius 2 is 1.89 bits per heavy atom. The first-order chi connectivity index (χ1) is 13.6. The molecule has 0 spiro atoms. The number of ether oxygens (including phenoxy) is 2. The molecule has 7 heteroatoms. The minimum atomic E-state index is -0.644. The lowest BCUT2D eigenvalue weighted by molar-refractivity contribution is 0.204. The van der Waals surface area contributed by atoms with Gasteiger partial charge in [-0.2, -0.15) is 0 Å². The second kappa shape index (κ2) is 11.8. The maximum atomic E-state index is 9.78. The van der Waals surface area contributed by atoms with E-state index in [1.165, 1.54) is 0 Å². The monoisotopic (exact) mass is 406 g/mol. The summed E-state index contributed by atoms with van der Waals surface area (Å²) >= 11 is 0. The number of nitrogens with zero attached hydrogens (tertiary/aromatic N) is 1. The molecular weight excluding hydrogens is 376 g/mol. The number of benzene rings is 2. The van der Waals surface area contributed by atoms with E-state index in [1.54, 1.807) is 7.11 Å². The number of para-hydroxylation sites is 1. The summed E-state index contributed by atoms with van der Waals surface area (Å²) in [6.07, 6.45) is 0.613. The van der Waals surface area contributed by atoms with E-state index < -0.39 is 10.7 Å². The van der Waals surface area contributed by atoms with Crippen LogP contribution in [-0.4, -0.2) is 49.0 Å². The van der Waals surface area contributed by atoms with Gasteiger partial charge < -0.3 is 24.6 Å². The highest BCUT2D eigenvalue weighted by molar-refractivity contribution is 8.13. The average molecular weight is 407 g/mol. The van der Waals surface area contributed by atoms with E-state index >= 15 is 0 Å². The van der Waals surface area contributed by atoms with Gasteiger partial charge in [-0.1, -0.05) is 28.9 Å². The van der Waals surface area contributed by atoms with Crippen molar-refractivity contribution < 1.29 is 19.7 Å². The lowest BCUT2D eigenvalue weighted by Crippen LogP contribution is -2.29. The molecule has 28 heavy (non-hydrogen) atoms. The van der Waals surface area contributed by atoms with E-state index in [0.717, 1.165) is 16.1 Å². The van der Waals surface area contributed by atoms with Gasteiger partial charge in [0.1, 0.15) is 5.75 Å². The van der Waals surface area contributed by atoms with E-state index in [-0.39, 0.29) is 13.2 Å². The number of methoxy groups -OCH3 is 1. The minimum Gasteiger partial charge on any atom is -0.454 e. The normalized spacial score (nSPS) is 12.2. The molecule has 0 aliphatic carbocycles. The van der Waals surface area contributed by atoms with Gasteiger partial charge >= 0.3 is 0 Å². The van der Waals surface area contributed by atoms with Crippen molar-refractivity contribution in [2.45, 2.75) is 24.8 Å². The fraction of sp³-hybridized carbons (Fsp3) is 0.381. The Morgan fingerprint density at radius 3 is 2.50 bits per heavy atom. The van der Waals surface area contributed by atoms with Crippen molar-refractivity contribution in [3.63, 3.8) is 0 Å². The minimum absolute atomic E-state index is 0.0922. The fourth-order valence-electron chi connectivity index (χ4n) is 2.80. The molecule has 1 atom stereocenters. The molecular formula is C21H30N2O4S. The van der Waals surface area contributed by atoms with Crippen LogP contribution in [0, 0.1) is 0 Å². The molecule has 4 N–H and O–H groups in total. The standard InChI is InChI=1S/C21H30N2O4S/c1-3-28(22)20-15-17(16-25)14-19(23(10-7-12-24)11-13-26-2)21(20)27-18-8-5-4-6-9-18/h3-6,8-9,14-15,24-25H,7,10-13,16,22H2,1-2H3. The lowest BCUT2D eigenvalue weighted by atomic mass is 10.1. The molecule has 154 valence electrons. The first kappa shape index (κ1) is 22.4. The molecule has 0 heterocycles. The zero-order chi connectivity index (χ0) is 20.4. The van der Waals surface area contributed by atoms with Gasteiger partial charge in [0.05, 0.1) is 23.8 Å². The van der Waals surface area contributed by atoms with Crippen molar-refractivity contribution in [3.8, 4) is 11.5 Å². The molecule has 0 aliphatic heterocycles. The third-order valence-electron chi connectivity index (χ3n) is 4.24. The zero-order valence-electron chi connectivity index (χ0n) is 16.5.